The minimum absolute atomic E-state index is 0.546. The van der Waals surface area contributed by atoms with Crippen LogP contribution in [0, 0.1) is 10.5 Å². The normalized spacial score (nSPS) is 15.8. The first-order chi connectivity index (χ1) is 9.66. The van der Waals surface area contributed by atoms with Gasteiger partial charge in [0.1, 0.15) is 5.15 Å². The molecule has 104 valence electrons. The van der Waals surface area contributed by atoms with Gasteiger partial charge >= 0.3 is 0 Å². The average Bonchev–Trinajstić information content (AvgIpc) is 2.96. The Hall–Kier alpha value is -0.680. The maximum absolute atomic E-state index is 6.34. The number of benzene rings is 1. The predicted molar refractivity (Wildman–Crippen MR) is 91.1 cm³/mol. The number of aromatic nitrogens is 2. The molecule has 0 amide bonds. The molecular formula is C16H16ClIN2. The number of halogens is 2. The Bertz CT molecular complexity index is 636. The zero-order valence-electron chi connectivity index (χ0n) is 11.4. The van der Waals surface area contributed by atoms with Crippen LogP contribution in [0.15, 0.2) is 24.3 Å². The van der Waals surface area contributed by atoms with Crippen LogP contribution in [0.3, 0.4) is 0 Å². The Morgan fingerprint density at radius 3 is 2.55 bits per heavy atom. The zero-order valence-corrected chi connectivity index (χ0v) is 14.3. The molecule has 0 unspecified atom stereocenters. The van der Waals surface area contributed by atoms with Crippen LogP contribution in [0.4, 0.5) is 0 Å². The van der Waals surface area contributed by atoms with Crippen LogP contribution in [0.5, 0.6) is 0 Å². The maximum atomic E-state index is 6.34. The molecule has 0 atom stereocenters. The zero-order chi connectivity index (χ0) is 14.1. The van der Waals surface area contributed by atoms with E-state index in [1.165, 1.54) is 31.2 Å². The molecule has 0 spiro atoms. The molecule has 0 N–H and O–H groups in total. The summed E-state index contributed by atoms with van der Waals surface area (Å²) in [6.45, 7) is 2.08. The highest BCUT2D eigenvalue weighted by atomic mass is 127. The first-order valence-corrected chi connectivity index (χ1v) is 8.41. The van der Waals surface area contributed by atoms with E-state index in [0.717, 1.165) is 20.7 Å². The maximum Gasteiger partial charge on any atom is 0.161 e. The summed E-state index contributed by atoms with van der Waals surface area (Å²) >= 11 is 8.62. The van der Waals surface area contributed by atoms with Crippen LogP contribution >= 0.6 is 34.2 Å². The van der Waals surface area contributed by atoms with Gasteiger partial charge in [-0.25, -0.2) is 9.97 Å². The van der Waals surface area contributed by atoms with E-state index < -0.39 is 0 Å². The van der Waals surface area contributed by atoms with Gasteiger partial charge in [0.25, 0.3) is 0 Å². The van der Waals surface area contributed by atoms with Crippen molar-refractivity contribution in [1.82, 2.24) is 9.97 Å². The second kappa shape index (κ2) is 5.98. The third-order valence-corrected chi connectivity index (χ3v) is 5.62. The summed E-state index contributed by atoms with van der Waals surface area (Å²) in [6.07, 6.45) is 5.03. The number of aryl methyl sites for hydroxylation is 1. The van der Waals surface area contributed by atoms with Crippen molar-refractivity contribution < 1.29 is 0 Å². The van der Waals surface area contributed by atoms with Crippen LogP contribution in [-0.4, -0.2) is 9.97 Å². The molecule has 0 saturated heterocycles. The molecule has 1 aliphatic carbocycles. The molecule has 20 heavy (non-hydrogen) atoms. The van der Waals surface area contributed by atoms with Crippen molar-refractivity contribution in [2.75, 3.05) is 0 Å². The Labute approximate surface area is 138 Å². The van der Waals surface area contributed by atoms with Gasteiger partial charge in [0, 0.05) is 11.5 Å². The fourth-order valence-electron chi connectivity index (χ4n) is 2.85. The van der Waals surface area contributed by atoms with Gasteiger partial charge in [-0.05, 0) is 47.9 Å². The molecule has 2 aromatic rings. The van der Waals surface area contributed by atoms with Gasteiger partial charge in [-0.2, -0.15) is 0 Å². The van der Waals surface area contributed by atoms with Crippen molar-refractivity contribution in [2.45, 2.75) is 38.5 Å². The van der Waals surface area contributed by atoms with Crippen LogP contribution in [0.2, 0.25) is 5.15 Å². The Kier molecular flexibility index (Phi) is 4.26. The number of rotatable bonds is 2. The fourth-order valence-corrected chi connectivity index (χ4v) is 3.71. The first-order valence-electron chi connectivity index (χ1n) is 6.95. The Balaban J connectivity index is 2.11. The molecule has 0 aliphatic heterocycles. The summed E-state index contributed by atoms with van der Waals surface area (Å²) < 4.78 is 1.02. The van der Waals surface area contributed by atoms with Crippen molar-refractivity contribution >= 4 is 34.2 Å². The molecule has 1 aromatic heterocycles. The highest BCUT2D eigenvalue weighted by molar-refractivity contribution is 14.1. The van der Waals surface area contributed by atoms with E-state index in [-0.39, 0.29) is 0 Å². The minimum atomic E-state index is 0.546. The fraction of sp³-hybridized carbons (Fsp3) is 0.375. The molecule has 1 heterocycles. The van der Waals surface area contributed by atoms with E-state index in [0.29, 0.717) is 11.1 Å². The van der Waals surface area contributed by atoms with Crippen molar-refractivity contribution in [3.63, 3.8) is 0 Å². The molecule has 4 heteroatoms. The highest BCUT2D eigenvalue weighted by Crippen LogP contribution is 2.37. The van der Waals surface area contributed by atoms with E-state index in [2.05, 4.69) is 46.6 Å². The second-order valence-corrected chi connectivity index (χ2v) is 6.77. The molecule has 1 aromatic carbocycles. The monoisotopic (exact) mass is 398 g/mol. The summed E-state index contributed by atoms with van der Waals surface area (Å²) in [5.41, 5.74) is 3.40. The molecule has 3 rings (SSSR count). The molecule has 1 saturated carbocycles. The standard InChI is InChI=1S/C16H16ClIN2/c1-10-6-2-5-9-12(10)16-19-14(11-7-3-4-8-11)13(18)15(17)20-16/h2,5-6,9,11H,3-4,7-8H2,1H3. The number of nitrogens with zero attached hydrogens (tertiary/aromatic N) is 2. The molecule has 2 nitrogen and oxygen atoms in total. The second-order valence-electron chi connectivity index (χ2n) is 5.33. The summed E-state index contributed by atoms with van der Waals surface area (Å²) in [7, 11) is 0. The third-order valence-electron chi connectivity index (χ3n) is 3.96. The van der Waals surface area contributed by atoms with E-state index in [4.69, 9.17) is 16.6 Å². The number of hydrogen-bond acceptors (Lipinski definition) is 2. The van der Waals surface area contributed by atoms with Gasteiger partial charge in [-0.3, -0.25) is 0 Å². The quantitative estimate of drug-likeness (QED) is 0.502. The highest BCUT2D eigenvalue weighted by Gasteiger charge is 2.23. The SMILES string of the molecule is Cc1ccccc1-c1nc(Cl)c(I)c(C2CCCC2)n1. The van der Waals surface area contributed by atoms with Crippen LogP contribution < -0.4 is 0 Å². The van der Waals surface area contributed by atoms with Gasteiger partial charge in [0.15, 0.2) is 5.82 Å². The van der Waals surface area contributed by atoms with E-state index in [1.807, 2.05) is 12.1 Å². The summed E-state index contributed by atoms with van der Waals surface area (Å²) in [4.78, 5) is 9.33. The van der Waals surface area contributed by atoms with Crippen LogP contribution in [0.25, 0.3) is 11.4 Å². The minimum Gasteiger partial charge on any atom is -0.232 e. The van der Waals surface area contributed by atoms with Crippen LogP contribution in [-0.2, 0) is 0 Å². The lowest BCUT2D eigenvalue weighted by Gasteiger charge is -2.14. The van der Waals surface area contributed by atoms with Crippen molar-refractivity contribution in [2.24, 2.45) is 0 Å². The van der Waals surface area contributed by atoms with E-state index in [1.54, 1.807) is 0 Å². The first kappa shape index (κ1) is 14.3. The van der Waals surface area contributed by atoms with Gasteiger partial charge in [-0.15, -0.1) is 0 Å². The van der Waals surface area contributed by atoms with Crippen molar-refractivity contribution in [3.8, 4) is 11.4 Å². The van der Waals surface area contributed by atoms with E-state index in [9.17, 15) is 0 Å². The lowest BCUT2D eigenvalue weighted by Crippen LogP contribution is -2.05. The lowest BCUT2D eigenvalue weighted by atomic mass is 10.0. The Morgan fingerprint density at radius 1 is 1.15 bits per heavy atom. The largest absolute Gasteiger partial charge is 0.232 e. The van der Waals surface area contributed by atoms with Crippen molar-refractivity contribution in [3.05, 3.63) is 44.2 Å². The number of hydrogen-bond donors (Lipinski definition) is 0. The van der Waals surface area contributed by atoms with Gasteiger partial charge in [0.2, 0.25) is 0 Å². The summed E-state index contributed by atoms with van der Waals surface area (Å²) in [5, 5.41) is 0.584. The average molecular weight is 399 g/mol. The lowest BCUT2D eigenvalue weighted by molar-refractivity contribution is 0.690. The molecule has 1 fully saturated rings. The van der Waals surface area contributed by atoms with Crippen LogP contribution in [0.1, 0.15) is 42.9 Å². The smallest absolute Gasteiger partial charge is 0.161 e. The molecule has 0 bridgehead atoms. The van der Waals surface area contributed by atoms with E-state index >= 15 is 0 Å². The molecule has 0 radical (unpaired) electrons. The van der Waals surface area contributed by atoms with Gasteiger partial charge in [0.05, 0.1) is 9.26 Å². The third kappa shape index (κ3) is 2.70. The summed E-state index contributed by atoms with van der Waals surface area (Å²) in [6, 6.07) is 8.20. The topological polar surface area (TPSA) is 25.8 Å². The van der Waals surface area contributed by atoms with Gasteiger partial charge < -0.3 is 0 Å². The predicted octanol–water partition coefficient (Wildman–Crippen LogP) is 5.37. The Morgan fingerprint density at radius 2 is 1.85 bits per heavy atom. The molecular weight excluding hydrogens is 383 g/mol. The summed E-state index contributed by atoms with van der Waals surface area (Å²) in [5.74, 6) is 1.31. The molecule has 1 aliphatic rings. The van der Waals surface area contributed by atoms with Gasteiger partial charge in [-0.1, -0.05) is 48.7 Å². The van der Waals surface area contributed by atoms with Crippen molar-refractivity contribution in [1.29, 1.82) is 0 Å².